The summed E-state index contributed by atoms with van der Waals surface area (Å²) in [5, 5.41) is 0. The Hall–Kier alpha value is -0.0200. The summed E-state index contributed by atoms with van der Waals surface area (Å²) in [4.78, 5) is 0. The molecule has 0 aromatic carbocycles. The number of hydrogen-bond donors (Lipinski definition) is 0. The fourth-order valence-corrected chi connectivity index (χ4v) is 0.490. The van der Waals surface area contributed by atoms with Gasteiger partial charge in [-0.3, -0.25) is 0 Å². The van der Waals surface area contributed by atoms with Crippen molar-refractivity contribution in [2.24, 2.45) is 0 Å². The third-order valence-corrected chi connectivity index (χ3v) is 1.01. The van der Waals surface area contributed by atoms with E-state index in [1.54, 1.807) is 6.61 Å². The minimum absolute atomic E-state index is 0.591. The first-order valence-corrected chi connectivity index (χ1v) is 3.51. The maximum atomic E-state index is 9.73. The SMILES string of the molecule is CCO[CH]CC[S+]=O. The Labute approximate surface area is 53.7 Å². The molecule has 0 aliphatic rings. The van der Waals surface area contributed by atoms with E-state index in [0.717, 1.165) is 6.42 Å². The lowest BCUT2D eigenvalue weighted by Gasteiger charge is -1.90. The van der Waals surface area contributed by atoms with E-state index < -0.39 is 0 Å². The predicted octanol–water partition coefficient (Wildman–Crippen LogP) is 1.00. The lowest BCUT2D eigenvalue weighted by molar-refractivity contribution is 0.211. The number of ether oxygens (including phenoxy) is 1. The van der Waals surface area contributed by atoms with Crippen LogP contribution in [0.15, 0.2) is 0 Å². The van der Waals surface area contributed by atoms with Gasteiger partial charge in [-0.2, -0.15) is 0 Å². The predicted molar refractivity (Wildman–Crippen MR) is 33.5 cm³/mol. The van der Waals surface area contributed by atoms with Gasteiger partial charge in [-0.25, -0.2) is 0 Å². The van der Waals surface area contributed by atoms with Crippen LogP contribution in [0.3, 0.4) is 0 Å². The molecular weight excluding hydrogens is 124 g/mol. The lowest BCUT2D eigenvalue weighted by Crippen LogP contribution is -1.88. The molecule has 0 rings (SSSR count). The van der Waals surface area contributed by atoms with Gasteiger partial charge in [-0.05, 0) is 6.92 Å². The van der Waals surface area contributed by atoms with Gasteiger partial charge in [-0.1, -0.05) is 0 Å². The van der Waals surface area contributed by atoms with Crippen LogP contribution in [0.1, 0.15) is 13.3 Å². The molecule has 8 heavy (non-hydrogen) atoms. The summed E-state index contributed by atoms with van der Waals surface area (Å²) in [7, 11) is 0. The minimum Gasteiger partial charge on any atom is -0.376 e. The molecule has 0 aromatic rings. The molecule has 3 heteroatoms. The second-order valence-electron chi connectivity index (χ2n) is 1.23. The van der Waals surface area contributed by atoms with Gasteiger partial charge in [0.15, 0.2) is 0 Å². The van der Waals surface area contributed by atoms with E-state index >= 15 is 0 Å². The zero-order valence-electron chi connectivity index (χ0n) is 4.92. The topological polar surface area (TPSA) is 26.3 Å². The van der Waals surface area contributed by atoms with Crippen molar-refractivity contribution in [2.45, 2.75) is 13.3 Å². The van der Waals surface area contributed by atoms with Crippen molar-refractivity contribution in [3.8, 4) is 0 Å². The molecule has 0 unspecified atom stereocenters. The first-order valence-electron chi connectivity index (χ1n) is 2.60. The van der Waals surface area contributed by atoms with E-state index in [9.17, 15) is 4.21 Å². The second-order valence-corrected chi connectivity index (χ2v) is 1.88. The molecule has 47 valence electrons. The highest BCUT2D eigenvalue weighted by Gasteiger charge is 1.95. The van der Waals surface area contributed by atoms with Gasteiger partial charge in [0.05, 0.1) is 6.61 Å². The maximum absolute atomic E-state index is 9.73. The molecule has 1 radical (unpaired) electrons. The summed E-state index contributed by atoms with van der Waals surface area (Å²) in [5.74, 6) is 0.611. The standard InChI is InChI=1S/C5H10O2S/c1-2-7-4-3-5-8-6/h4H,2-3,5H2,1H3/q+1. The molecule has 0 atom stereocenters. The summed E-state index contributed by atoms with van der Waals surface area (Å²) in [5.41, 5.74) is 0. The lowest BCUT2D eigenvalue weighted by atomic mass is 10.5. The molecular formula is C5H10O2S+. The number of hydrogen-bond acceptors (Lipinski definition) is 2. The Morgan fingerprint density at radius 3 is 3.00 bits per heavy atom. The highest BCUT2D eigenvalue weighted by atomic mass is 32.1. The van der Waals surface area contributed by atoms with Crippen LogP contribution in [-0.2, 0) is 20.6 Å². The molecule has 0 fully saturated rings. The van der Waals surface area contributed by atoms with Crippen molar-refractivity contribution in [2.75, 3.05) is 12.4 Å². The molecule has 0 aliphatic carbocycles. The fraction of sp³-hybridized carbons (Fsp3) is 0.800. The summed E-state index contributed by atoms with van der Waals surface area (Å²) < 4.78 is 14.6. The summed E-state index contributed by atoms with van der Waals surface area (Å²) in [6.45, 7) is 4.29. The Balaban J connectivity index is 2.62. The minimum atomic E-state index is 0.591. The van der Waals surface area contributed by atoms with Crippen LogP contribution in [0.5, 0.6) is 0 Å². The molecule has 0 saturated heterocycles. The van der Waals surface area contributed by atoms with Gasteiger partial charge in [0.1, 0.15) is 0 Å². The average molecular weight is 134 g/mol. The maximum Gasteiger partial charge on any atom is 0.458 e. The van der Waals surface area contributed by atoms with Crippen molar-refractivity contribution in [3.63, 3.8) is 0 Å². The monoisotopic (exact) mass is 134 g/mol. The molecule has 0 amide bonds. The van der Waals surface area contributed by atoms with E-state index in [1.807, 2.05) is 6.92 Å². The van der Waals surface area contributed by atoms with E-state index in [-0.39, 0.29) is 0 Å². The zero-order valence-corrected chi connectivity index (χ0v) is 5.74. The first-order chi connectivity index (χ1) is 3.91. The molecule has 0 aliphatic heterocycles. The quantitative estimate of drug-likeness (QED) is 0.414. The van der Waals surface area contributed by atoms with Crippen LogP contribution >= 0.6 is 0 Å². The Bertz CT molecular complexity index is 56.4. The smallest absolute Gasteiger partial charge is 0.376 e. The van der Waals surface area contributed by atoms with E-state index in [4.69, 9.17) is 4.74 Å². The molecule has 0 heterocycles. The van der Waals surface area contributed by atoms with Crippen LogP contribution < -0.4 is 0 Å². The Kier molecular flexibility index (Phi) is 6.96. The van der Waals surface area contributed by atoms with Gasteiger partial charge in [0.2, 0.25) is 5.75 Å². The summed E-state index contributed by atoms with van der Waals surface area (Å²) in [6.07, 6.45) is 0.752. The highest BCUT2D eigenvalue weighted by Crippen LogP contribution is 1.86. The van der Waals surface area contributed by atoms with Gasteiger partial charge >= 0.3 is 11.7 Å². The molecule has 0 N–H and O–H groups in total. The van der Waals surface area contributed by atoms with Crippen LogP contribution in [0, 0.1) is 6.61 Å². The summed E-state index contributed by atoms with van der Waals surface area (Å²) in [6, 6.07) is 0. The van der Waals surface area contributed by atoms with Gasteiger partial charge in [0, 0.05) is 17.2 Å². The molecule has 0 bridgehead atoms. The zero-order chi connectivity index (χ0) is 6.24. The van der Waals surface area contributed by atoms with E-state index in [1.165, 1.54) is 0 Å². The first kappa shape index (κ1) is 7.98. The number of rotatable bonds is 5. The molecule has 0 aromatic heterocycles. The van der Waals surface area contributed by atoms with Gasteiger partial charge < -0.3 is 4.74 Å². The van der Waals surface area contributed by atoms with Crippen LogP contribution in [0.4, 0.5) is 0 Å². The van der Waals surface area contributed by atoms with E-state index in [0.29, 0.717) is 24.0 Å². The normalized spacial score (nSPS) is 9.12. The second kappa shape index (κ2) is 6.98. The molecule has 2 nitrogen and oxygen atoms in total. The third kappa shape index (κ3) is 5.98. The van der Waals surface area contributed by atoms with Crippen molar-refractivity contribution >= 4 is 11.7 Å². The van der Waals surface area contributed by atoms with E-state index in [2.05, 4.69) is 0 Å². The van der Waals surface area contributed by atoms with Crippen LogP contribution in [0.25, 0.3) is 0 Å². The molecule has 0 spiro atoms. The van der Waals surface area contributed by atoms with Crippen molar-refractivity contribution in [1.82, 2.24) is 0 Å². The van der Waals surface area contributed by atoms with Crippen molar-refractivity contribution < 1.29 is 8.95 Å². The third-order valence-electron chi connectivity index (χ3n) is 0.604. The largest absolute Gasteiger partial charge is 0.458 e. The summed E-state index contributed by atoms with van der Waals surface area (Å²) >= 11 is 0.591. The van der Waals surface area contributed by atoms with Crippen molar-refractivity contribution in [3.05, 3.63) is 6.61 Å². The average Bonchev–Trinajstić information content (AvgIpc) is 1.81. The highest BCUT2D eigenvalue weighted by molar-refractivity contribution is 7.65. The fourth-order valence-electron chi connectivity index (χ4n) is 0.297. The molecule has 0 saturated carbocycles. The van der Waals surface area contributed by atoms with Gasteiger partial charge in [-0.15, -0.1) is 0 Å². The van der Waals surface area contributed by atoms with Gasteiger partial charge in [0.25, 0.3) is 0 Å². The Morgan fingerprint density at radius 2 is 2.50 bits per heavy atom. The van der Waals surface area contributed by atoms with Crippen molar-refractivity contribution in [1.29, 1.82) is 0 Å². The van der Waals surface area contributed by atoms with Crippen LogP contribution in [0.2, 0.25) is 0 Å². The Morgan fingerprint density at radius 1 is 1.75 bits per heavy atom. The van der Waals surface area contributed by atoms with Crippen LogP contribution in [-0.4, -0.2) is 12.4 Å².